The fraction of sp³-hybridized carbons (Fsp3) is 0.385. The number of aryl methyl sites for hydroxylation is 1. The third kappa shape index (κ3) is 4.38. The number of pyridine rings is 1. The van der Waals surface area contributed by atoms with Crippen molar-refractivity contribution in [2.24, 2.45) is 0 Å². The molecule has 1 saturated heterocycles. The Morgan fingerprint density at radius 3 is 2.67 bits per heavy atom. The van der Waals surface area contributed by atoms with Gasteiger partial charge in [0.25, 0.3) is 0 Å². The number of esters is 1. The third-order valence-electron chi connectivity index (χ3n) is 6.72. The monoisotopic (exact) mass is 446 g/mol. The van der Waals surface area contributed by atoms with Gasteiger partial charge in [0.1, 0.15) is 6.54 Å². The highest BCUT2D eigenvalue weighted by atomic mass is 16.5. The molecule has 1 N–H and O–H groups in total. The number of fused-ring (bicyclic) bond motifs is 2. The summed E-state index contributed by atoms with van der Waals surface area (Å²) in [5.74, 6) is 0.353. The number of piperazine rings is 1. The number of carbonyl (C=O) groups excluding carboxylic acids is 1. The fourth-order valence-corrected chi connectivity index (χ4v) is 4.87. The van der Waals surface area contributed by atoms with E-state index in [1.54, 1.807) is 0 Å². The molecule has 1 atom stereocenters. The van der Waals surface area contributed by atoms with E-state index in [1.807, 2.05) is 37.1 Å². The largest absolute Gasteiger partial charge is 0.423 e. The molecular weight excluding hydrogens is 416 g/mol. The van der Waals surface area contributed by atoms with Crippen LogP contribution in [-0.4, -0.2) is 73.9 Å². The number of carbonyl (C=O) groups is 1. The van der Waals surface area contributed by atoms with Crippen molar-refractivity contribution in [1.82, 2.24) is 9.88 Å². The van der Waals surface area contributed by atoms with E-state index in [-0.39, 0.29) is 25.0 Å². The number of rotatable bonds is 5. The lowest BCUT2D eigenvalue weighted by atomic mass is 9.97. The number of hydrogen-bond donors (Lipinski definition) is 1. The molecule has 7 nitrogen and oxygen atoms in total. The zero-order chi connectivity index (χ0) is 22.9. The molecule has 0 aliphatic carbocycles. The second kappa shape index (κ2) is 9.00. The molecule has 1 aromatic heterocycles. The van der Waals surface area contributed by atoms with Crippen LogP contribution in [0, 0.1) is 6.92 Å². The summed E-state index contributed by atoms with van der Waals surface area (Å²) in [7, 11) is 1.89. The van der Waals surface area contributed by atoms with Gasteiger partial charge in [-0.15, -0.1) is 0 Å². The lowest BCUT2D eigenvalue weighted by molar-refractivity contribution is -0.133. The molecule has 0 bridgehead atoms. The van der Waals surface area contributed by atoms with Crippen LogP contribution in [0.2, 0.25) is 0 Å². The number of aromatic nitrogens is 1. The number of aliphatic hydroxyl groups is 1. The van der Waals surface area contributed by atoms with Crippen LogP contribution in [0.25, 0.3) is 10.9 Å². The van der Waals surface area contributed by atoms with Crippen molar-refractivity contribution in [3.63, 3.8) is 0 Å². The Balaban J connectivity index is 1.26. The molecule has 3 heterocycles. The predicted molar refractivity (Wildman–Crippen MR) is 130 cm³/mol. The van der Waals surface area contributed by atoms with Crippen molar-refractivity contribution in [3.8, 4) is 5.75 Å². The standard InChI is InChI=1S/C26H30N4O3/c1-18-6-8-21-22(27-18)4-3-5-23(21)30-12-10-29(11-13-30)15-20(17-31)19-7-9-25-24(14-19)28(2)16-26(32)33-25/h3-9,14,20,31H,10-13,15-17H2,1-2H3. The number of aliphatic hydroxyl groups excluding tert-OH is 1. The minimum Gasteiger partial charge on any atom is -0.423 e. The van der Waals surface area contributed by atoms with Crippen LogP contribution in [0.5, 0.6) is 5.75 Å². The first-order chi connectivity index (χ1) is 16.0. The van der Waals surface area contributed by atoms with Crippen molar-refractivity contribution in [2.45, 2.75) is 12.8 Å². The minimum absolute atomic E-state index is 0.0117. The van der Waals surface area contributed by atoms with Crippen LogP contribution in [0.1, 0.15) is 17.2 Å². The van der Waals surface area contributed by atoms with Gasteiger partial charge in [0.2, 0.25) is 0 Å². The van der Waals surface area contributed by atoms with Crippen LogP contribution in [-0.2, 0) is 4.79 Å². The summed E-state index contributed by atoms with van der Waals surface area (Å²) in [4.78, 5) is 23.1. The molecule has 3 aromatic rings. The molecule has 2 aromatic carbocycles. The average molecular weight is 447 g/mol. The van der Waals surface area contributed by atoms with Gasteiger partial charge in [0.05, 0.1) is 17.8 Å². The number of hydrogen-bond acceptors (Lipinski definition) is 7. The fourth-order valence-electron chi connectivity index (χ4n) is 4.87. The van der Waals surface area contributed by atoms with E-state index in [2.05, 4.69) is 45.1 Å². The Labute approximate surface area is 194 Å². The molecular formula is C26H30N4O3. The van der Waals surface area contributed by atoms with Gasteiger partial charge in [-0.05, 0) is 48.9 Å². The smallest absolute Gasteiger partial charge is 0.330 e. The second-order valence-electron chi connectivity index (χ2n) is 9.02. The summed E-state index contributed by atoms with van der Waals surface area (Å²) in [5.41, 5.74) is 5.28. The number of ether oxygens (including phenoxy) is 1. The predicted octanol–water partition coefficient (Wildman–Crippen LogP) is 2.80. The summed E-state index contributed by atoms with van der Waals surface area (Å²) in [5, 5.41) is 11.3. The van der Waals surface area contributed by atoms with Gasteiger partial charge in [-0.2, -0.15) is 0 Å². The number of benzene rings is 2. The highest BCUT2D eigenvalue weighted by molar-refractivity contribution is 5.92. The maximum atomic E-state index is 11.7. The Morgan fingerprint density at radius 1 is 1.06 bits per heavy atom. The normalized spacial score (nSPS) is 17.7. The second-order valence-corrected chi connectivity index (χ2v) is 9.02. The van der Waals surface area contributed by atoms with Crippen molar-refractivity contribution < 1.29 is 14.6 Å². The molecule has 1 fully saturated rings. The quantitative estimate of drug-likeness (QED) is 0.477. The molecule has 1 unspecified atom stereocenters. The Hall–Kier alpha value is -3.16. The van der Waals surface area contributed by atoms with E-state index in [0.29, 0.717) is 5.75 Å². The molecule has 172 valence electrons. The van der Waals surface area contributed by atoms with Crippen LogP contribution in [0.3, 0.4) is 0 Å². The van der Waals surface area contributed by atoms with Crippen molar-refractivity contribution >= 4 is 28.2 Å². The Kier molecular flexibility index (Phi) is 5.91. The molecule has 7 heteroatoms. The zero-order valence-corrected chi connectivity index (χ0v) is 19.2. The maximum absolute atomic E-state index is 11.7. The maximum Gasteiger partial charge on any atom is 0.330 e. The molecule has 0 spiro atoms. The van der Waals surface area contributed by atoms with E-state index in [1.165, 1.54) is 11.1 Å². The van der Waals surface area contributed by atoms with E-state index in [4.69, 9.17) is 4.74 Å². The molecule has 2 aliphatic rings. The van der Waals surface area contributed by atoms with E-state index >= 15 is 0 Å². The molecule has 0 amide bonds. The van der Waals surface area contributed by atoms with E-state index in [0.717, 1.165) is 55.2 Å². The Bertz CT molecular complexity index is 1170. The molecule has 5 rings (SSSR count). The van der Waals surface area contributed by atoms with Gasteiger partial charge >= 0.3 is 5.97 Å². The van der Waals surface area contributed by atoms with E-state index < -0.39 is 0 Å². The SMILES string of the molecule is Cc1ccc2c(N3CCN(CC(CO)c4ccc5c(c4)N(C)CC(=O)O5)CC3)cccc2n1. The minimum atomic E-state index is -0.244. The molecule has 0 saturated carbocycles. The molecule has 2 aliphatic heterocycles. The lowest BCUT2D eigenvalue weighted by Crippen LogP contribution is -2.47. The van der Waals surface area contributed by atoms with Crippen molar-refractivity contribution in [1.29, 1.82) is 0 Å². The summed E-state index contributed by atoms with van der Waals surface area (Å²) >= 11 is 0. The number of nitrogens with zero attached hydrogens (tertiary/aromatic N) is 4. The van der Waals surface area contributed by atoms with E-state index in [9.17, 15) is 9.90 Å². The van der Waals surface area contributed by atoms with Crippen LogP contribution < -0.4 is 14.5 Å². The summed E-state index contributed by atoms with van der Waals surface area (Å²) in [6.45, 7) is 6.89. The van der Waals surface area contributed by atoms with Gasteiger partial charge in [-0.3, -0.25) is 9.88 Å². The number of anilines is 2. The Morgan fingerprint density at radius 2 is 1.88 bits per heavy atom. The first-order valence-corrected chi connectivity index (χ1v) is 11.5. The molecule has 0 radical (unpaired) electrons. The zero-order valence-electron chi connectivity index (χ0n) is 19.2. The number of likely N-dealkylation sites (N-methyl/N-ethyl adjacent to an activating group) is 1. The summed E-state index contributed by atoms with van der Waals surface area (Å²) in [6.07, 6.45) is 0. The van der Waals surface area contributed by atoms with Gasteiger partial charge in [0, 0.05) is 62.5 Å². The first kappa shape index (κ1) is 21.7. The van der Waals surface area contributed by atoms with Crippen LogP contribution in [0.4, 0.5) is 11.4 Å². The highest BCUT2D eigenvalue weighted by Crippen LogP contribution is 2.34. The van der Waals surface area contributed by atoms with Gasteiger partial charge < -0.3 is 19.6 Å². The third-order valence-corrected chi connectivity index (χ3v) is 6.72. The van der Waals surface area contributed by atoms with Gasteiger partial charge in [-0.1, -0.05) is 12.1 Å². The van der Waals surface area contributed by atoms with Crippen molar-refractivity contribution in [3.05, 3.63) is 59.8 Å². The highest BCUT2D eigenvalue weighted by Gasteiger charge is 2.25. The van der Waals surface area contributed by atoms with Gasteiger partial charge in [0.15, 0.2) is 5.75 Å². The average Bonchev–Trinajstić information content (AvgIpc) is 2.82. The summed E-state index contributed by atoms with van der Waals surface area (Å²) < 4.78 is 5.35. The van der Waals surface area contributed by atoms with Gasteiger partial charge in [-0.25, -0.2) is 4.79 Å². The summed E-state index contributed by atoms with van der Waals surface area (Å²) in [6, 6.07) is 16.4. The van der Waals surface area contributed by atoms with Crippen LogP contribution >= 0.6 is 0 Å². The first-order valence-electron chi connectivity index (χ1n) is 11.5. The topological polar surface area (TPSA) is 69.1 Å². The molecule has 33 heavy (non-hydrogen) atoms. The van der Waals surface area contributed by atoms with Crippen molar-refractivity contribution in [2.75, 3.05) is 62.7 Å². The lowest BCUT2D eigenvalue weighted by Gasteiger charge is -2.38. The van der Waals surface area contributed by atoms with Crippen LogP contribution in [0.15, 0.2) is 48.5 Å².